The summed E-state index contributed by atoms with van der Waals surface area (Å²) >= 11 is 3.39. The molecule has 0 atom stereocenters. The van der Waals surface area contributed by atoms with E-state index in [1.807, 2.05) is 32.2 Å². The van der Waals surface area contributed by atoms with Gasteiger partial charge in [0.05, 0.1) is 16.7 Å². The van der Waals surface area contributed by atoms with Crippen molar-refractivity contribution in [3.63, 3.8) is 0 Å². The van der Waals surface area contributed by atoms with Gasteiger partial charge in [-0.25, -0.2) is 18.1 Å². The van der Waals surface area contributed by atoms with E-state index in [-0.39, 0.29) is 17.0 Å². The van der Waals surface area contributed by atoms with Crippen LogP contribution in [-0.4, -0.2) is 43.6 Å². The standard InChI is InChI=1S/C21H25BrN4O3S/c1-14(2)29-16-3-5-17(6-4-16)30(27,28)25-15-9-11-26(12-10-15)19-13-23-21-18(19)7-8-20(22)24-21/h3-8,13-15,25H,9-12H2,1-2H3,(H,23,24). The maximum absolute atomic E-state index is 12.8. The molecule has 9 heteroatoms. The molecule has 0 spiro atoms. The van der Waals surface area contributed by atoms with Crippen LogP contribution >= 0.6 is 15.9 Å². The van der Waals surface area contributed by atoms with Crippen molar-refractivity contribution in [2.45, 2.75) is 43.7 Å². The van der Waals surface area contributed by atoms with Crippen LogP contribution in [0.5, 0.6) is 5.75 Å². The molecule has 7 nitrogen and oxygen atoms in total. The molecule has 0 radical (unpaired) electrons. The number of pyridine rings is 1. The molecule has 1 fully saturated rings. The summed E-state index contributed by atoms with van der Waals surface area (Å²) in [5.74, 6) is 0.664. The summed E-state index contributed by atoms with van der Waals surface area (Å²) in [6.45, 7) is 5.42. The van der Waals surface area contributed by atoms with Gasteiger partial charge in [-0.1, -0.05) is 0 Å². The minimum Gasteiger partial charge on any atom is -0.491 e. The van der Waals surface area contributed by atoms with E-state index < -0.39 is 10.0 Å². The number of aromatic amines is 1. The van der Waals surface area contributed by atoms with Crippen LogP contribution < -0.4 is 14.4 Å². The zero-order valence-electron chi connectivity index (χ0n) is 16.9. The fraction of sp³-hybridized carbons (Fsp3) is 0.381. The van der Waals surface area contributed by atoms with E-state index >= 15 is 0 Å². The summed E-state index contributed by atoms with van der Waals surface area (Å²) in [4.78, 5) is 10.2. The number of hydrogen-bond acceptors (Lipinski definition) is 5. The summed E-state index contributed by atoms with van der Waals surface area (Å²) in [5.41, 5.74) is 1.94. The van der Waals surface area contributed by atoms with Gasteiger partial charge >= 0.3 is 0 Å². The Labute approximate surface area is 185 Å². The first kappa shape index (κ1) is 21.1. The number of nitrogens with zero attached hydrogens (tertiary/aromatic N) is 2. The molecule has 3 heterocycles. The van der Waals surface area contributed by atoms with Crippen LogP contribution in [0.2, 0.25) is 0 Å². The van der Waals surface area contributed by atoms with Gasteiger partial charge in [-0.2, -0.15) is 0 Å². The molecule has 1 saturated heterocycles. The highest BCUT2D eigenvalue weighted by atomic mass is 79.9. The maximum atomic E-state index is 12.8. The summed E-state index contributed by atoms with van der Waals surface area (Å²) in [5, 5.41) is 1.07. The van der Waals surface area contributed by atoms with Crippen LogP contribution in [0.4, 0.5) is 5.69 Å². The number of nitrogens with one attached hydrogen (secondary N) is 2. The third-order valence-corrected chi connectivity index (χ3v) is 7.12. The highest BCUT2D eigenvalue weighted by molar-refractivity contribution is 9.10. The Balaban J connectivity index is 1.39. The van der Waals surface area contributed by atoms with Crippen LogP contribution in [0.25, 0.3) is 11.0 Å². The molecule has 160 valence electrons. The number of ether oxygens (including phenoxy) is 1. The van der Waals surface area contributed by atoms with Crippen LogP contribution in [0.15, 0.2) is 52.1 Å². The van der Waals surface area contributed by atoms with E-state index in [9.17, 15) is 8.42 Å². The lowest BCUT2D eigenvalue weighted by molar-refractivity contribution is 0.242. The Bertz CT molecular complexity index is 1120. The maximum Gasteiger partial charge on any atom is 0.240 e. The number of hydrogen-bond donors (Lipinski definition) is 2. The molecule has 0 bridgehead atoms. The molecule has 1 aromatic carbocycles. The van der Waals surface area contributed by atoms with Crippen LogP contribution in [0.1, 0.15) is 26.7 Å². The van der Waals surface area contributed by atoms with Crippen molar-refractivity contribution in [3.8, 4) is 5.75 Å². The number of aromatic nitrogens is 2. The SMILES string of the molecule is CC(C)Oc1ccc(S(=O)(=O)NC2CCN(c3c[nH]c4nc(Br)ccc34)CC2)cc1. The van der Waals surface area contributed by atoms with E-state index in [2.05, 4.69) is 35.5 Å². The van der Waals surface area contributed by atoms with Crippen LogP contribution in [0.3, 0.4) is 0 Å². The van der Waals surface area contributed by atoms with Crippen molar-refractivity contribution in [2.75, 3.05) is 18.0 Å². The second-order valence-corrected chi connectivity index (χ2v) is 10.3. The third-order valence-electron chi connectivity index (χ3n) is 5.15. The molecular weight excluding hydrogens is 468 g/mol. The molecular formula is C21H25BrN4O3S. The summed E-state index contributed by atoms with van der Waals surface area (Å²) in [6.07, 6.45) is 3.50. The minimum absolute atomic E-state index is 0.0465. The average molecular weight is 493 g/mol. The minimum atomic E-state index is -3.56. The van der Waals surface area contributed by atoms with Crippen molar-refractivity contribution in [2.24, 2.45) is 0 Å². The zero-order chi connectivity index (χ0) is 21.3. The Morgan fingerprint density at radius 1 is 1.17 bits per heavy atom. The zero-order valence-corrected chi connectivity index (χ0v) is 19.3. The van der Waals surface area contributed by atoms with Crippen molar-refractivity contribution in [1.82, 2.24) is 14.7 Å². The molecule has 1 aliphatic heterocycles. The second kappa shape index (κ2) is 8.56. The molecule has 2 aromatic heterocycles. The van der Waals surface area contributed by atoms with Gasteiger partial charge in [0.15, 0.2) is 0 Å². The Kier molecular flexibility index (Phi) is 6.04. The van der Waals surface area contributed by atoms with Gasteiger partial charge in [-0.15, -0.1) is 0 Å². The lowest BCUT2D eigenvalue weighted by Crippen LogP contribution is -2.44. The number of benzene rings is 1. The van der Waals surface area contributed by atoms with E-state index in [4.69, 9.17) is 4.74 Å². The number of anilines is 1. The quantitative estimate of drug-likeness (QED) is 0.506. The highest BCUT2D eigenvalue weighted by Gasteiger charge is 2.26. The molecule has 0 unspecified atom stereocenters. The fourth-order valence-electron chi connectivity index (χ4n) is 3.72. The topological polar surface area (TPSA) is 87.3 Å². The number of halogens is 1. The monoisotopic (exact) mass is 492 g/mol. The first-order valence-electron chi connectivity index (χ1n) is 9.99. The van der Waals surface area contributed by atoms with Crippen LogP contribution in [0, 0.1) is 0 Å². The average Bonchev–Trinajstić information content (AvgIpc) is 3.11. The van der Waals surface area contributed by atoms with Crippen molar-refractivity contribution in [1.29, 1.82) is 0 Å². The van der Waals surface area contributed by atoms with Gasteiger partial charge < -0.3 is 14.6 Å². The summed E-state index contributed by atoms with van der Waals surface area (Å²) in [6, 6.07) is 10.5. The van der Waals surface area contributed by atoms with Gasteiger partial charge in [0.2, 0.25) is 10.0 Å². The number of H-pyrrole nitrogens is 1. The fourth-order valence-corrected chi connectivity index (χ4v) is 5.34. The largest absolute Gasteiger partial charge is 0.491 e. The third kappa shape index (κ3) is 4.63. The molecule has 4 rings (SSSR count). The van der Waals surface area contributed by atoms with Gasteiger partial charge in [-0.3, -0.25) is 0 Å². The number of sulfonamides is 1. The molecule has 3 aromatic rings. The van der Waals surface area contributed by atoms with Crippen molar-refractivity contribution >= 4 is 42.7 Å². The second-order valence-electron chi connectivity index (χ2n) is 7.72. The van der Waals surface area contributed by atoms with E-state index in [0.29, 0.717) is 5.75 Å². The van der Waals surface area contributed by atoms with Crippen molar-refractivity contribution in [3.05, 3.63) is 47.2 Å². The molecule has 2 N–H and O–H groups in total. The van der Waals surface area contributed by atoms with E-state index in [0.717, 1.165) is 47.3 Å². The van der Waals surface area contributed by atoms with Gasteiger partial charge in [0.25, 0.3) is 0 Å². The number of rotatable bonds is 6. The van der Waals surface area contributed by atoms with Gasteiger partial charge in [0, 0.05) is 30.7 Å². The van der Waals surface area contributed by atoms with Gasteiger partial charge in [-0.05, 0) is 79.0 Å². The smallest absolute Gasteiger partial charge is 0.240 e. The molecule has 0 aliphatic carbocycles. The Morgan fingerprint density at radius 3 is 2.53 bits per heavy atom. The van der Waals surface area contributed by atoms with Crippen molar-refractivity contribution < 1.29 is 13.2 Å². The van der Waals surface area contributed by atoms with E-state index in [1.165, 1.54) is 0 Å². The normalized spacial score (nSPS) is 15.8. The first-order chi connectivity index (χ1) is 14.3. The number of fused-ring (bicyclic) bond motifs is 1. The van der Waals surface area contributed by atoms with E-state index in [1.54, 1.807) is 24.3 Å². The molecule has 1 aliphatic rings. The molecule has 0 saturated carbocycles. The van der Waals surface area contributed by atoms with Gasteiger partial charge in [0.1, 0.15) is 16.0 Å². The molecule has 0 amide bonds. The summed E-state index contributed by atoms with van der Waals surface area (Å²) in [7, 11) is -3.56. The first-order valence-corrected chi connectivity index (χ1v) is 12.3. The lowest BCUT2D eigenvalue weighted by atomic mass is 10.1. The predicted octanol–water partition coefficient (Wildman–Crippen LogP) is 4.06. The predicted molar refractivity (Wildman–Crippen MR) is 122 cm³/mol. The highest BCUT2D eigenvalue weighted by Crippen LogP contribution is 2.29. The summed E-state index contributed by atoms with van der Waals surface area (Å²) < 4.78 is 34.8. The van der Waals surface area contributed by atoms with Crippen LogP contribution in [-0.2, 0) is 10.0 Å². The lowest BCUT2D eigenvalue weighted by Gasteiger charge is -2.33. The Morgan fingerprint density at radius 2 is 1.87 bits per heavy atom. The molecule has 30 heavy (non-hydrogen) atoms. The number of piperidine rings is 1. The Hall–Kier alpha value is -2.10.